The Hall–Kier alpha value is -7.02. The third-order valence-corrected chi connectivity index (χ3v) is 8.00. The van der Waals surface area contributed by atoms with Crippen LogP contribution in [0.1, 0.15) is 22.5 Å². The molecule has 0 radical (unpaired) electrons. The third-order valence-electron chi connectivity index (χ3n) is 8.00. The third kappa shape index (κ3) is 4.25. The molecule has 1 aromatic heterocycles. The highest BCUT2D eigenvalue weighted by Crippen LogP contribution is 2.51. The minimum atomic E-state index is -1.64. The fourth-order valence-electron chi connectivity index (χ4n) is 5.89. The van der Waals surface area contributed by atoms with Crippen molar-refractivity contribution in [2.45, 2.75) is 0 Å². The zero-order valence-corrected chi connectivity index (χ0v) is 23.7. The smallest absolute Gasteiger partial charge is 0.245 e. The summed E-state index contributed by atoms with van der Waals surface area (Å²) in [5.41, 5.74) is 1.67. The zero-order chi connectivity index (χ0) is 34.0. The van der Waals surface area contributed by atoms with E-state index in [0.29, 0.717) is 11.1 Å². The maximum absolute atomic E-state index is 14.1. The van der Waals surface area contributed by atoms with Crippen LogP contribution in [0.3, 0.4) is 0 Å². The number of aromatic nitrogens is 2. The second-order valence-electron chi connectivity index (χ2n) is 10.5. The normalized spacial score (nSPS) is 14.0. The van der Waals surface area contributed by atoms with E-state index in [9.17, 15) is 36.9 Å². The van der Waals surface area contributed by atoms with Gasteiger partial charge in [0.2, 0.25) is 0 Å². The van der Waals surface area contributed by atoms with Gasteiger partial charge in [-0.3, -0.25) is 0 Å². The van der Waals surface area contributed by atoms with Gasteiger partial charge in [0.25, 0.3) is 11.4 Å². The largest absolute Gasteiger partial charge is 0.271 e. The molecule has 1 heterocycles. The van der Waals surface area contributed by atoms with Crippen molar-refractivity contribution in [1.29, 1.82) is 10.5 Å². The van der Waals surface area contributed by atoms with Crippen molar-refractivity contribution in [3.63, 3.8) is 0 Å². The van der Waals surface area contributed by atoms with Gasteiger partial charge < -0.3 is 0 Å². The zero-order valence-electron chi connectivity index (χ0n) is 23.7. The van der Waals surface area contributed by atoms with Crippen molar-refractivity contribution in [3.8, 4) is 56.9 Å². The van der Waals surface area contributed by atoms with Gasteiger partial charge >= 0.3 is 0 Å². The summed E-state index contributed by atoms with van der Waals surface area (Å²) < 4.78 is 83.7. The minimum Gasteiger partial charge on any atom is -0.245 e. The molecule has 4 aromatic carbocycles. The minimum absolute atomic E-state index is 0.0131. The molecule has 0 saturated heterocycles. The van der Waals surface area contributed by atoms with Crippen molar-refractivity contribution < 1.29 is 26.3 Å². The molecule has 48 heavy (non-hydrogen) atoms. The second kappa shape index (κ2) is 10.8. The summed E-state index contributed by atoms with van der Waals surface area (Å²) in [6.45, 7) is 15.3. The van der Waals surface area contributed by atoms with Crippen molar-refractivity contribution in [3.05, 3.63) is 152 Å². The van der Waals surface area contributed by atoms with Crippen LogP contribution < -0.4 is 0 Å². The van der Waals surface area contributed by atoms with Gasteiger partial charge in [0.05, 0.1) is 48.1 Å². The highest BCUT2D eigenvalue weighted by atomic mass is 19.2. The average molecular weight is 641 g/mol. The van der Waals surface area contributed by atoms with Crippen LogP contribution in [0.15, 0.2) is 72.1 Å². The molecule has 0 aliphatic heterocycles. The summed E-state index contributed by atoms with van der Waals surface area (Å²) in [5.74, 6) is -8.92. The van der Waals surface area contributed by atoms with Gasteiger partial charge in [-0.2, -0.15) is 0 Å². The molecule has 2 aliphatic rings. The number of halogens is 6. The van der Waals surface area contributed by atoms with Crippen LogP contribution in [-0.2, 0) is 0 Å². The highest BCUT2D eigenvalue weighted by Gasteiger charge is 2.36. The Kier molecular flexibility index (Phi) is 6.68. The lowest BCUT2D eigenvalue weighted by Crippen LogP contribution is -1.98. The van der Waals surface area contributed by atoms with Gasteiger partial charge in [-0.1, -0.05) is 24.3 Å². The predicted octanol–water partition coefficient (Wildman–Crippen LogP) is 9.01. The van der Waals surface area contributed by atoms with Gasteiger partial charge in [0, 0.05) is 22.3 Å². The Bertz CT molecular complexity index is 2320. The Balaban J connectivity index is 1.47. The van der Waals surface area contributed by atoms with E-state index in [-0.39, 0.29) is 78.7 Å². The van der Waals surface area contributed by atoms with Gasteiger partial charge in [-0.15, -0.1) is 0 Å². The molecule has 0 saturated carbocycles. The molecule has 2 aliphatic carbocycles. The van der Waals surface area contributed by atoms with Crippen molar-refractivity contribution >= 4 is 11.1 Å². The van der Waals surface area contributed by atoms with Gasteiger partial charge in [0.15, 0.2) is 34.9 Å². The maximum Gasteiger partial charge on any atom is 0.271 e. The van der Waals surface area contributed by atoms with Crippen LogP contribution >= 0.6 is 0 Å². The quantitative estimate of drug-likeness (QED) is 0.0818. The van der Waals surface area contributed by atoms with Crippen LogP contribution in [0.4, 0.5) is 26.3 Å². The van der Waals surface area contributed by atoms with Gasteiger partial charge in [0.1, 0.15) is 0 Å². The van der Waals surface area contributed by atoms with E-state index in [1.807, 2.05) is 12.1 Å². The topological polar surface area (TPSA) is 82.1 Å². The maximum atomic E-state index is 14.1. The Labute approximate surface area is 267 Å². The summed E-state index contributed by atoms with van der Waals surface area (Å²) >= 11 is 0. The van der Waals surface area contributed by atoms with Crippen LogP contribution in [0.5, 0.6) is 0 Å². The molecule has 12 heteroatoms. The molecule has 0 unspecified atom stereocenters. The van der Waals surface area contributed by atoms with Crippen LogP contribution in [0.25, 0.3) is 65.6 Å². The first-order valence-corrected chi connectivity index (χ1v) is 13.7. The molecular formula is C36H10F6N6. The summed E-state index contributed by atoms with van der Waals surface area (Å²) in [6, 6.07) is 15.8. The van der Waals surface area contributed by atoms with E-state index < -0.39 is 34.9 Å². The second-order valence-corrected chi connectivity index (χ2v) is 10.5. The number of hydrogen-bond donors (Lipinski definition) is 0. The van der Waals surface area contributed by atoms with Crippen LogP contribution in [0.2, 0.25) is 0 Å². The number of benzene rings is 4. The number of nitriles is 2. The number of rotatable bonds is 2. The molecule has 0 fully saturated rings. The molecule has 226 valence electrons. The summed E-state index contributed by atoms with van der Waals surface area (Å²) in [6.07, 6.45) is 0. The number of allylic oxidation sites excluding steroid dienone is 2. The molecule has 5 aromatic rings. The summed E-state index contributed by atoms with van der Waals surface area (Å²) in [5, 5.41) is 19.8. The van der Waals surface area contributed by atoms with E-state index >= 15 is 0 Å². The van der Waals surface area contributed by atoms with Crippen LogP contribution in [0, 0.1) is 70.7 Å². The van der Waals surface area contributed by atoms with Crippen molar-refractivity contribution in [2.24, 2.45) is 0 Å². The van der Waals surface area contributed by atoms with Crippen LogP contribution in [-0.4, -0.2) is 9.97 Å². The molecule has 0 N–H and O–H groups in total. The lowest BCUT2D eigenvalue weighted by molar-refractivity contribution is 0.447. The first kappa shape index (κ1) is 29.7. The van der Waals surface area contributed by atoms with Gasteiger partial charge in [-0.25, -0.2) is 56.5 Å². The monoisotopic (exact) mass is 640 g/mol. The lowest BCUT2D eigenvalue weighted by Gasteiger charge is -2.08. The van der Waals surface area contributed by atoms with E-state index in [2.05, 4.69) is 9.69 Å². The summed E-state index contributed by atoms with van der Waals surface area (Å²) in [7, 11) is 0. The Morgan fingerprint density at radius 3 is 1.17 bits per heavy atom. The first-order chi connectivity index (χ1) is 23.1. The molecular weight excluding hydrogens is 630 g/mol. The molecule has 7 rings (SSSR count). The van der Waals surface area contributed by atoms with Crippen molar-refractivity contribution in [1.82, 2.24) is 9.97 Å². The Morgan fingerprint density at radius 2 is 0.854 bits per heavy atom. The molecule has 0 bridgehead atoms. The molecule has 0 spiro atoms. The summed E-state index contributed by atoms with van der Waals surface area (Å²) in [4.78, 5) is 16.3. The highest BCUT2D eigenvalue weighted by molar-refractivity contribution is 6.07. The van der Waals surface area contributed by atoms with E-state index in [0.717, 1.165) is 24.3 Å². The SMILES string of the molecule is [C-]#[N+]/C(C#N)=C1/c2cc(-c3cc(F)c(F)c(F)c3)ccc2-c2nc3c(nc21)-c1ccc(-c2cc(F)c(F)c(F)c2)cc1/C3=C(/C#N)[N+]#[C-]. The average Bonchev–Trinajstić information content (AvgIpc) is 3.57. The van der Waals surface area contributed by atoms with Gasteiger partial charge in [-0.05, 0) is 69.8 Å². The van der Waals surface area contributed by atoms with E-state index in [4.69, 9.17) is 23.1 Å². The van der Waals surface area contributed by atoms with E-state index in [1.54, 1.807) is 0 Å². The standard InChI is InChI=1S/C36H10F6N6/c1-45-27(13-43)29-21-7-15(17-9-23(37)31(41)24(38)10-17)3-5-19(21)33-35(29)47-34-20-6-4-16(18-11-25(39)32(42)26(40)12-18)8-22(20)30(36(34)48-33)28(14-44)46-2/h3-12H/b29-27-,30-28+. The number of hydrogen-bond acceptors (Lipinski definition) is 4. The molecule has 0 atom stereocenters. The lowest BCUT2D eigenvalue weighted by atomic mass is 9.97. The fourth-order valence-corrected chi connectivity index (χ4v) is 5.89. The number of fused-ring (bicyclic) bond motifs is 6. The predicted molar refractivity (Wildman–Crippen MR) is 160 cm³/mol. The van der Waals surface area contributed by atoms with Crippen molar-refractivity contribution in [2.75, 3.05) is 0 Å². The molecule has 6 nitrogen and oxygen atoms in total. The Morgan fingerprint density at radius 1 is 0.500 bits per heavy atom. The molecule has 0 amide bonds. The fraction of sp³-hybridized carbons (Fsp3) is 0. The van der Waals surface area contributed by atoms with E-state index in [1.165, 1.54) is 36.4 Å². The first-order valence-electron chi connectivity index (χ1n) is 13.7. The number of nitrogens with zero attached hydrogens (tertiary/aromatic N) is 6.